The summed E-state index contributed by atoms with van der Waals surface area (Å²) in [5.41, 5.74) is 6.13. The standard InChI is InChI=1S/C13H26N2O2/c1-13(10-17-8-12(13)14)9-15-5-2-6-16-7-11-3-4-11/h11-12,15H,2-10,14H2,1H3. The molecular weight excluding hydrogens is 216 g/mol. The van der Waals surface area contributed by atoms with Crippen molar-refractivity contribution in [1.82, 2.24) is 5.32 Å². The molecule has 1 aliphatic carbocycles. The van der Waals surface area contributed by atoms with Crippen molar-refractivity contribution in [3.8, 4) is 0 Å². The normalized spacial score (nSPS) is 33.2. The van der Waals surface area contributed by atoms with E-state index in [0.717, 1.165) is 45.2 Å². The maximum atomic E-state index is 6.03. The van der Waals surface area contributed by atoms with Crippen LogP contribution >= 0.6 is 0 Å². The Hall–Kier alpha value is -0.160. The minimum absolute atomic E-state index is 0.106. The van der Waals surface area contributed by atoms with Gasteiger partial charge in [0.15, 0.2) is 0 Å². The number of ether oxygens (including phenoxy) is 2. The van der Waals surface area contributed by atoms with Crippen molar-refractivity contribution in [2.24, 2.45) is 17.1 Å². The van der Waals surface area contributed by atoms with Gasteiger partial charge in [-0.15, -0.1) is 0 Å². The SMILES string of the molecule is CC1(CNCCCOCC2CC2)COCC1N. The van der Waals surface area contributed by atoms with Crippen molar-refractivity contribution in [2.45, 2.75) is 32.2 Å². The first-order valence-corrected chi connectivity index (χ1v) is 6.82. The Morgan fingerprint density at radius 1 is 1.47 bits per heavy atom. The lowest BCUT2D eigenvalue weighted by atomic mass is 9.86. The first kappa shape index (κ1) is 13.3. The van der Waals surface area contributed by atoms with Crippen LogP contribution in [0.15, 0.2) is 0 Å². The van der Waals surface area contributed by atoms with Gasteiger partial charge in [-0.05, 0) is 31.7 Å². The highest BCUT2D eigenvalue weighted by Crippen LogP contribution is 2.28. The molecule has 2 unspecified atom stereocenters. The number of nitrogens with two attached hydrogens (primary N) is 1. The van der Waals surface area contributed by atoms with Crippen LogP contribution in [-0.4, -0.2) is 45.6 Å². The van der Waals surface area contributed by atoms with Crippen LogP contribution in [0.25, 0.3) is 0 Å². The molecule has 0 aromatic heterocycles. The van der Waals surface area contributed by atoms with Gasteiger partial charge in [-0.1, -0.05) is 6.92 Å². The van der Waals surface area contributed by atoms with Crippen molar-refractivity contribution < 1.29 is 9.47 Å². The molecule has 4 heteroatoms. The minimum Gasteiger partial charge on any atom is -0.381 e. The lowest BCUT2D eigenvalue weighted by molar-refractivity contribution is 0.120. The molecule has 0 radical (unpaired) electrons. The summed E-state index contributed by atoms with van der Waals surface area (Å²) in [6.07, 6.45) is 3.82. The molecule has 0 amide bonds. The predicted octanol–water partition coefficient (Wildman–Crippen LogP) is 0.757. The summed E-state index contributed by atoms with van der Waals surface area (Å²) in [5.74, 6) is 0.871. The van der Waals surface area contributed by atoms with E-state index in [4.69, 9.17) is 15.2 Å². The highest BCUT2D eigenvalue weighted by atomic mass is 16.5. The Bertz CT molecular complexity index is 233. The van der Waals surface area contributed by atoms with Gasteiger partial charge < -0.3 is 20.5 Å². The first-order valence-electron chi connectivity index (χ1n) is 6.82. The summed E-state index contributed by atoms with van der Waals surface area (Å²) in [5, 5.41) is 3.46. The summed E-state index contributed by atoms with van der Waals surface area (Å²) in [6.45, 7) is 7.46. The van der Waals surface area contributed by atoms with Crippen LogP contribution in [0, 0.1) is 11.3 Å². The lowest BCUT2D eigenvalue weighted by Gasteiger charge is -2.27. The average molecular weight is 242 g/mol. The van der Waals surface area contributed by atoms with Crippen LogP contribution in [0.2, 0.25) is 0 Å². The molecule has 0 bridgehead atoms. The molecule has 1 saturated heterocycles. The molecule has 2 aliphatic rings. The van der Waals surface area contributed by atoms with Crippen molar-refractivity contribution in [3.05, 3.63) is 0 Å². The maximum absolute atomic E-state index is 6.03. The van der Waals surface area contributed by atoms with Crippen molar-refractivity contribution in [3.63, 3.8) is 0 Å². The molecule has 0 spiro atoms. The average Bonchev–Trinajstić information content (AvgIpc) is 3.06. The molecule has 3 N–H and O–H groups in total. The first-order chi connectivity index (χ1) is 8.21. The van der Waals surface area contributed by atoms with Crippen molar-refractivity contribution in [1.29, 1.82) is 0 Å². The fourth-order valence-corrected chi connectivity index (χ4v) is 2.12. The monoisotopic (exact) mass is 242 g/mol. The summed E-state index contributed by atoms with van der Waals surface area (Å²) in [7, 11) is 0. The van der Waals surface area contributed by atoms with Crippen molar-refractivity contribution in [2.75, 3.05) is 39.5 Å². The van der Waals surface area contributed by atoms with Crippen LogP contribution in [0.3, 0.4) is 0 Å². The summed E-state index contributed by atoms with van der Waals surface area (Å²) < 4.78 is 11.0. The van der Waals surface area contributed by atoms with Gasteiger partial charge in [-0.3, -0.25) is 0 Å². The van der Waals surface area contributed by atoms with E-state index in [-0.39, 0.29) is 11.5 Å². The van der Waals surface area contributed by atoms with E-state index in [2.05, 4.69) is 12.2 Å². The minimum atomic E-state index is 0.106. The molecule has 1 saturated carbocycles. The van der Waals surface area contributed by atoms with Crippen LogP contribution < -0.4 is 11.1 Å². The number of hydrogen-bond acceptors (Lipinski definition) is 4. The highest BCUT2D eigenvalue weighted by Gasteiger charge is 2.36. The van der Waals surface area contributed by atoms with Gasteiger partial charge in [0.25, 0.3) is 0 Å². The van der Waals surface area contributed by atoms with E-state index in [1.165, 1.54) is 12.8 Å². The molecule has 0 aromatic carbocycles. The summed E-state index contributed by atoms with van der Waals surface area (Å²) in [6, 6.07) is 0.168. The number of rotatable bonds is 8. The van der Waals surface area contributed by atoms with Gasteiger partial charge in [0.05, 0.1) is 13.2 Å². The molecule has 4 nitrogen and oxygen atoms in total. The molecule has 1 heterocycles. The van der Waals surface area contributed by atoms with E-state index in [0.29, 0.717) is 6.61 Å². The number of hydrogen-bond donors (Lipinski definition) is 2. The fraction of sp³-hybridized carbons (Fsp3) is 1.00. The zero-order valence-electron chi connectivity index (χ0n) is 10.9. The van der Waals surface area contributed by atoms with E-state index in [9.17, 15) is 0 Å². The van der Waals surface area contributed by atoms with Gasteiger partial charge in [-0.2, -0.15) is 0 Å². The highest BCUT2D eigenvalue weighted by molar-refractivity contribution is 4.91. The van der Waals surface area contributed by atoms with Crippen LogP contribution in [0.5, 0.6) is 0 Å². The van der Waals surface area contributed by atoms with Gasteiger partial charge >= 0.3 is 0 Å². The Labute approximate surface area is 104 Å². The second-order valence-electron chi connectivity index (χ2n) is 5.82. The Morgan fingerprint density at radius 2 is 2.29 bits per heavy atom. The quantitative estimate of drug-likeness (QED) is 0.617. The second kappa shape index (κ2) is 6.14. The van der Waals surface area contributed by atoms with Crippen LogP contribution in [-0.2, 0) is 9.47 Å². The predicted molar refractivity (Wildman–Crippen MR) is 67.9 cm³/mol. The molecule has 2 fully saturated rings. The van der Waals surface area contributed by atoms with Crippen LogP contribution in [0.1, 0.15) is 26.2 Å². The Kier molecular flexibility index (Phi) is 4.79. The van der Waals surface area contributed by atoms with E-state index in [1.807, 2.05) is 0 Å². The molecule has 100 valence electrons. The zero-order valence-corrected chi connectivity index (χ0v) is 10.9. The number of nitrogens with one attached hydrogen (secondary N) is 1. The van der Waals surface area contributed by atoms with Gasteiger partial charge in [0.2, 0.25) is 0 Å². The van der Waals surface area contributed by atoms with Crippen molar-refractivity contribution >= 4 is 0 Å². The zero-order chi connectivity index (χ0) is 12.1. The van der Waals surface area contributed by atoms with E-state index in [1.54, 1.807) is 0 Å². The molecule has 17 heavy (non-hydrogen) atoms. The van der Waals surface area contributed by atoms with Gasteiger partial charge in [0, 0.05) is 31.2 Å². The van der Waals surface area contributed by atoms with E-state index < -0.39 is 0 Å². The molecule has 0 aromatic rings. The summed E-state index contributed by atoms with van der Waals surface area (Å²) in [4.78, 5) is 0. The third kappa shape index (κ3) is 4.21. The molecule has 2 rings (SSSR count). The van der Waals surface area contributed by atoms with Crippen LogP contribution in [0.4, 0.5) is 0 Å². The Morgan fingerprint density at radius 3 is 2.94 bits per heavy atom. The second-order valence-corrected chi connectivity index (χ2v) is 5.82. The molecule has 2 atom stereocenters. The third-order valence-electron chi connectivity index (χ3n) is 3.85. The fourth-order valence-electron chi connectivity index (χ4n) is 2.12. The van der Waals surface area contributed by atoms with Gasteiger partial charge in [-0.25, -0.2) is 0 Å². The van der Waals surface area contributed by atoms with Gasteiger partial charge in [0.1, 0.15) is 0 Å². The molecular formula is C13H26N2O2. The molecule has 1 aliphatic heterocycles. The third-order valence-corrected chi connectivity index (χ3v) is 3.85. The maximum Gasteiger partial charge on any atom is 0.0624 e. The summed E-state index contributed by atoms with van der Waals surface area (Å²) >= 11 is 0. The topological polar surface area (TPSA) is 56.5 Å². The van der Waals surface area contributed by atoms with E-state index >= 15 is 0 Å². The smallest absolute Gasteiger partial charge is 0.0624 e. The Balaban J connectivity index is 1.45. The largest absolute Gasteiger partial charge is 0.381 e. The lowest BCUT2D eigenvalue weighted by Crippen LogP contribution is -2.45.